The Morgan fingerprint density at radius 2 is 2.09 bits per heavy atom. The van der Waals surface area contributed by atoms with Crippen LogP contribution in [0.5, 0.6) is 0 Å². The highest BCUT2D eigenvalue weighted by Crippen LogP contribution is 2.55. The first kappa shape index (κ1) is 18.8. The molecule has 1 saturated carbocycles. The van der Waals surface area contributed by atoms with Gasteiger partial charge < -0.3 is 4.74 Å². The Morgan fingerprint density at radius 3 is 2.65 bits per heavy atom. The Bertz CT molecular complexity index is 571. The fraction of sp³-hybridized carbons (Fsp3) is 0.632. The lowest BCUT2D eigenvalue weighted by atomic mass is 9.52. The number of rotatable bonds is 5. The van der Waals surface area contributed by atoms with Gasteiger partial charge >= 0.3 is 5.97 Å². The molecule has 122 valence electrons. The van der Waals surface area contributed by atoms with Crippen LogP contribution in [0.4, 0.5) is 0 Å². The maximum absolute atomic E-state index is 10.7. The highest BCUT2D eigenvalue weighted by molar-refractivity contribution is 5.66. The van der Waals surface area contributed by atoms with Crippen LogP contribution in [-0.2, 0) is 9.53 Å². The van der Waals surface area contributed by atoms with Crippen LogP contribution in [0.3, 0.4) is 0 Å². The minimum absolute atomic E-state index is 0.00489. The van der Waals surface area contributed by atoms with Crippen LogP contribution < -0.4 is 0 Å². The quantitative estimate of drug-likeness (QED) is 0.440. The van der Waals surface area contributed by atoms with Crippen LogP contribution in [0.25, 0.3) is 0 Å². The van der Waals surface area contributed by atoms with Crippen molar-refractivity contribution in [2.24, 2.45) is 16.7 Å². The van der Waals surface area contributed by atoms with Crippen molar-refractivity contribution in [1.82, 2.24) is 0 Å². The predicted octanol–water partition coefficient (Wildman–Crippen LogP) is 3.75. The molecule has 0 heterocycles. The maximum atomic E-state index is 10.7. The molecule has 4 nitrogen and oxygen atoms in total. The van der Waals surface area contributed by atoms with E-state index in [-0.39, 0.29) is 18.9 Å². The number of carbonyl (C=O) groups excluding carboxylic acids is 1. The molecule has 0 saturated heterocycles. The number of hydrogen-bond donors (Lipinski definition) is 0. The molecule has 0 aliphatic heterocycles. The summed E-state index contributed by atoms with van der Waals surface area (Å²) in [5, 5.41) is 19.5. The summed E-state index contributed by atoms with van der Waals surface area (Å²) in [6.45, 7) is 7.17. The number of nitrogens with zero attached hydrogens (tertiary/aromatic N) is 2. The Hall–Kier alpha value is -2.25. The Balaban J connectivity index is 3.02. The van der Waals surface area contributed by atoms with Crippen LogP contribution in [0.15, 0.2) is 12.7 Å². The number of hydrogen-bond acceptors (Lipinski definition) is 4. The minimum atomic E-state index is -1.15. The van der Waals surface area contributed by atoms with Gasteiger partial charge in [0.05, 0.1) is 12.1 Å². The fourth-order valence-corrected chi connectivity index (χ4v) is 3.49. The Labute approximate surface area is 139 Å². The summed E-state index contributed by atoms with van der Waals surface area (Å²) in [5.74, 6) is 5.47. The molecule has 0 radical (unpaired) electrons. The monoisotopic (exact) mass is 312 g/mol. The molecule has 1 fully saturated rings. The molecule has 0 aromatic heterocycles. The summed E-state index contributed by atoms with van der Waals surface area (Å²) in [4.78, 5) is 10.7. The molecule has 1 aliphatic rings. The number of nitriles is 2. The van der Waals surface area contributed by atoms with E-state index in [2.05, 4.69) is 30.6 Å². The third-order valence-corrected chi connectivity index (χ3v) is 5.03. The van der Waals surface area contributed by atoms with E-state index in [9.17, 15) is 15.3 Å². The molecule has 2 atom stereocenters. The topological polar surface area (TPSA) is 73.9 Å². The van der Waals surface area contributed by atoms with Crippen LogP contribution in [0.2, 0.25) is 0 Å². The number of ether oxygens (including phenoxy) is 1. The average molecular weight is 312 g/mol. The first-order chi connectivity index (χ1) is 11.0. The molecule has 0 amide bonds. The summed E-state index contributed by atoms with van der Waals surface area (Å²) in [7, 11) is 0. The molecule has 0 bridgehead atoms. The van der Waals surface area contributed by atoms with Gasteiger partial charge in [-0.2, -0.15) is 10.5 Å². The van der Waals surface area contributed by atoms with Gasteiger partial charge in [-0.15, -0.1) is 6.58 Å². The second-order valence-corrected chi connectivity index (χ2v) is 6.32. The van der Waals surface area contributed by atoms with E-state index in [4.69, 9.17) is 4.74 Å². The standard InChI is InChI=1S/C19H24N2O2/c1-4-9-17-10-5-6-11-18(17,3)19(14-20,15-21)12-7-8-13-23-16(2)22/h4,17H,1,5-6,9-13H2,2-3H3/t17-,18?/m1/s1. The van der Waals surface area contributed by atoms with Crippen LogP contribution in [0.1, 0.15) is 52.4 Å². The normalized spacial score (nSPS) is 23.6. The molecule has 1 unspecified atom stereocenters. The molecule has 1 aliphatic carbocycles. The van der Waals surface area contributed by atoms with Crippen molar-refractivity contribution in [3.63, 3.8) is 0 Å². The minimum Gasteiger partial charge on any atom is -0.453 e. The lowest BCUT2D eigenvalue weighted by Gasteiger charge is -2.47. The van der Waals surface area contributed by atoms with E-state index in [1.165, 1.54) is 6.92 Å². The SMILES string of the molecule is C=CC[C@@H]1CCCCC1(C)C(C#N)(C#N)CC#CCOC(C)=O. The van der Waals surface area contributed by atoms with Gasteiger partial charge in [-0.1, -0.05) is 37.7 Å². The van der Waals surface area contributed by atoms with Crippen molar-refractivity contribution in [3.8, 4) is 24.0 Å². The highest BCUT2D eigenvalue weighted by atomic mass is 16.5. The third-order valence-electron chi connectivity index (χ3n) is 5.03. The molecule has 4 heteroatoms. The van der Waals surface area contributed by atoms with E-state index in [1.54, 1.807) is 0 Å². The van der Waals surface area contributed by atoms with E-state index in [0.29, 0.717) is 0 Å². The van der Waals surface area contributed by atoms with Gasteiger partial charge in [-0.25, -0.2) is 0 Å². The highest BCUT2D eigenvalue weighted by Gasteiger charge is 2.53. The smallest absolute Gasteiger partial charge is 0.303 e. The molecular formula is C19H24N2O2. The Morgan fingerprint density at radius 1 is 1.39 bits per heavy atom. The van der Waals surface area contributed by atoms with Gasteiger partial charge in [0.1, 0.15) is 0 Å². The van der Waals surface area contributed by atoms with Gasteiger partial charge in [0.25, 0.3) is 0 Å². The average Bonchev–Trinajstić information content (AvgIpc) is 2.53. The van der Waals surface area contributed by atoms with Crippen molar-refractivity contribution < 1.29 is 9.53 Å². The summed E-state index contributed by atoms with van der Waals surface area (Å²) < 4.78 is 4.76. The molecule has 0 N–H and O–H groups in total. The van der Waals surface area contributed by atoms with Gasteiger partial charge in [-0.3, -0.25) is 4.79 Å². The van der Waals surface area contributed by atoms with Crippen LogP contribution in [0, 0.1) is 51.3 Å². The largest absolute Gasteiger partial charge is 0.453 e. The number of allylic oxidation sites excluding steroid dienone is 1. The van der Waals surface area contributed by atoms with Gasteiger partial charge in [0, 0.05) is 18.8 Å². The maximum Gasteiger partial charge on any atom is 0.303 e. The van der Waals surface area contributed by atoms with Crippen molar-refractivity contribution in [2.75, 3.05) is 6.61 Å². The fourth-order valence-electron chi connectivity index (χ4n) is 3.49. The van der Waals surface area contributed by atoms with E-state index >= 15 is 0 Å². The first-order valence-corrected chi connectivity index (χ1v) is 7.98. The summed E-state index contributed by atoms with van der Waals surface area (Å²) in [6, 6.07) is 4.52. The van der Waals surface area contributed by atoms with Crippen molar-refractivity contribution in [3.05, 3.63) is 12.7 Å². The molecular weight excluding hydrogens is 288 g/mol. The molecule has 0 aromatic rings. The molecule has 0 aromatic carbocycles. The lowest BCUT2D eigenvalue weighted by Crippen LogP contribution is -2.45. The summed E-state index contributed by atoms with van der Waals surface area (Å²) in [6.07, 6.45) is 6.86. The van der Waals surface area contributed by atoms with Crippen LogP contribution in [-0.4, -0.2) is 12.6 Å². The van der Waals surface area contributed by atoms with Crippen LogP contribution >= 0.6 is 0 Å². The zero-order chi connectivity index (χ0) is 17.3. The first-order valence-electron chi connectivity index (χ1n) is 7.98. The molecule has 23 heavy (non-hydrogen) atoms. The summed E-state index contributed by atoms with van der Waals surface area (Å²) >= 11 is 0. The van der Waals surface area contributed by atoms with E-state index in [0.717, 1.165) is 32.1 Å². The Kier molecular flexibility index (Phi) is 6.87. The van der Waals surface area contributed by atoms with Gasteiger partial charge in [-0.05, 0) is 25.2 Å². The lowest BCUT2D eigenvalue weighted by molar-refractivity contribution is -0.139. The zero-order valence-corrected chi connectivity index (χ0v) is 14.0. The van der Waals surface area contributed by atoms with E-state index in [1.807, 2.05) is 13.0 Å². The molecule has 0 spiro atoms. The van der Waals surface area contributed by atoms with Crippen molar-refractivity contribution in [1.29, 1.82) is 10.5 Å². The predicted molar refractivity (Wildman–Crippen MR) is 87.6 cm³/mol. The van der Waals surface area contributed by atoms with Crippen molar-refractivity contribution >= 4 is 5.97 Å². The van der Waals surface area contributed by atoms with Gasteiger partial charge in [0.15, 0.2) is 12.0 Å². The number of carbonyl (C=O) groups is 1. The summed E-state index contributed by atoms with van der Waals surface area (Å²) in [5.41, 5.74) is -1.55. The molecule has 1 rings (SSSR count). The second-order valence-electron chi connectivity index (χ2n) is 6.32. The zero-order valence-electron chi connectivity index (χ0n) is 14.0. The van der Waals surface area contributed by atoms with E-state index < -0.39 is 16.8 Å². The van der Waals surface area contributed by atoms with Crippen molar-refractivity contribution in [2.45, 2.75) is 52.4 Å². The van der Waals surface area contributed by atoms with Gasteiger partial charge in [0.2, 0.25) is 0 Å². The second kappa shape index (κ2) is 8.40. The number of esters is 1. The third kappa shape index (κ3) is 4.14.